The molecule has 0 fully saturated rings. The smallest absolute Gasteiger partial charge is 0.153 e. The normalized spacial score (nSPS) is 10.3. The van der Waals surface area contributed by atoms with Crippen LogP contribution in [0, 0.1) is 6.92 Å². The van der Waals surface area contributed by atoms with Gasteiger partial charge in [-0.3, -0.25) is 0 Å². The Kier molecular flexibility index (Phi) is 3.81. The molecule has 0 unspecified atom stereocenters. The molecule has 0 saturated carbocycles. The molecule has 0 aliphatic heterocycles. The monoisotopic (exact) mass is 276 g/mol. The summed E-state index contributed by atoms with van der Waals surface area (Å²) in [7, 11) is 4.03. The Bertz CT molecular complexity index is 596. The molecule has 2 aromatic rings. The van der Waals surface area contributed by atoms with Crippen molar-refractivity contribution in [2.24, 2.45) is 0 Å². The van der Waals surface area contributed by atoms with Crippen molar-refractivity contribution in [3.8, 4) is 0 Å². The lowest BCUT2D eigenvalue weighted by Gasteiger charge is -2.17. The third kappa shape index (κ3) is 3.09. The van der Waals surface area contributed by atoms with Gasteiger partial charge in [-0.2, -0.15) is 0 Å². The van der Waals surface area contributed by atoms with Crippen LogP contribution in [0.1, 0.15) is 5.56 Å². The highest BCUT2D eigenvalue weighted by Gasteiger charge is 2.05. The number of hydrogen-bond donors (Lipinski definition) is 2. The summed E-state index contributed by atoms with van der Waals surface area (Å²) >= 11 is 5.83. The van der Waals surface area contributed by atoms with Crippen molar-refractivity contribution in [1.29, 1.82) is 0 Å². The molecular weight excluding hydrogens is 260 g/mol. The van der Waals surface area contributed by atoms with Crippen LogP contribution < -0.4 is 16.0 Å². The molecule has 5 heteroatoms. The molecule has 19 heavy (non-hydrogen) atoms. The second-order valence-corrected chi connectivity index (χ2v) is 5.05. The molecule has 1 heterocycles. The van der Waals surface area contributed by atoms with E-state index in [0.29, 0.717) is 16.5 Å². The maximum Gasteiger partial charge on any atom is 0.153 e. The fraction of sp³-hybridized carbons (Fsp3) is 0.214. The summed E-state index contributed by atoms with van der Waals surface area (Å²) in [5, 5.41) is 3.73. The highest BCUT2D eigenvalue weighted by molar-refractivity contribution is 6.30. The van der Waals surface area contributed by atoms with Gasteiger partial charge in [0.15, 0.2) is 5.82 Å². The SMILES string of the molecule is Cc1ccc(Nc2ncc(Cl)cc2N)cc1N(C)C. The molecule has 0 atom stereocenters. The zero-order valence-corrected chi connectivity index (χ0v) is 12.0. The molecule has 0 spiro atoms. The summed E-state index contributed by atoms with van der Waals surface area (Å²) in [6.07, 6.45) is 1.57. The Labute approximate surface area is 118 Å². The second-order valence-electron chi connectivity index (χ2n) is 4.61. The largest absolute Gasteiger partial charge is 0.396 e. The van der Waals surface area contributed by atoms with E-state index in [2.05, 4.69) is 34.3 Å². The number of nitrogens with two attached hydrogens (primary N) is 1. The lowest BCUT2D eigenvalue weighted by atomic mass is 10.1. The van der Waals surface area contributed by atoms with Crippen LogP contribution in [0.3, 0.4) is 0 Å². The van der Waals surface area contributed by atoms with Crippen LogP contribution in [-0.4, -0.2) is 19.1 Å². The lowest BCUT2D eigenvalue weighted by Crippen LogP contribution is -2.10. The van der Waals surface area contributed by atoms with Crippen LogP contribution in [0.5, 0.6) is 0 Å². The second kappa shape index (κ2) is 5.36. The zero-order valence-electron chi connectivity index (χ0n) is 11.2. The van der Waals surface area contributed by atoms with E-state index in [9.17, 15) is 0 Å². The number of aromatic nitrogens is 1. The number of nitrogen functional groups attached to an aromatic ring is 1. The molecule has 2 rings (SSSR count). The van der Waals surface area contributed by atoms with E-state index in [0.717, 1.165) is 11.4 Å². The fourth-order valence-corrected chi connectivity index (χ4v) is 2.03. The first-order chi connectivity index (χ1) is 8.97. The van der Waals surface area contributed by atoms with Crippen molar-refractivity contribution in [1.82, 2.24) is 4.98 Å². The van der Waals surface area contributed by atoms with Crippen molar-refractivity contribution in [2.45, 2.75) is 6.92 Å². The van der Waals surface area contributed by atoms with Crippen molar-refractivity contribution in [2.75, 3.05) is 30.0 Å². The highest BCUT2D eigenvalue weighted by Crippen LogP contribution is 2.27. The number of nitrogens with zero attached hydrogens (tertiary/aromatic N) is 2. The molecule has 1 aromatic carbocycles. The van der Waals surface area contributed by atoms with Gasteiger partial charge in [0.2, 0.25) is 0 Å². The number of pyridine rings is 1. The molecule has 100 valence electrons. The number of halogens is 1. The van der Waals surface area contributed by atoms with Gasteiger partial charge in [-0.25, -0.2) is 4.98 Å². The number of aryl methyl sites for hydroxylation is 1. The Balaban J connectivity index is 2.31. The van der Waals surface area contributed by atoms with Crippen LogP contribution >= 0.6 is 11.6 Å². The first-order valence-corrected chi connectivity index (χ1v) is 6.31. The minimum atomic E-state index is 0.527. The average Bonchev–Trinajstić information content (AvgIpc) is 2.34. The van der Waals surface area contributed by atoms with E-state index in [4.69, 9.17) is 17.3 Å². The quantitative estimate of drug-likeness (QED) is 0.902. The van der Waals surface area contributed by atoms with Gasteiger partial charge in [-0.1, -0.05) is 17.7 Å². The summed E-state index contributed by atoms with van der Waals surface area (Å²) in [5.41, 5.74) is 9.71. The van der Waals surface area contributed by atoms with Crippen molar-refractivity contribution in [3.05, 3.63) is 41.0 Å². The molecule has 0 radical (unpaired) electrons. The third-order valence-corrected chi connectivity index (χ3v) is 3.04. The number of anilines is 4. The first kappa shape index (κ1) is 13.5. The van der Waals surface area contributed by atoms with Crippen LogP contribution in [0.4, 0.5) is 22.9 Å². The summed E-state index contributed by atoms with van der Waals surface area (Å²) < 4.78 is 0. The maximum absolute atomic E-state index is 5.88. The molecule has 0 amide bonds. The third-order valence-electron chi connectivity index (χ3n) is 2.84. The standard InChI is InChI=1S/C14H17ClN4/c1-9-4-5-11(7-13(9)19(2)3)18-14-12(16)6-10(15)8-17-14/h4-8H,16H2,1-3H3,(H,17,18). The van der Waals surface area contributed by atoms with Gasteiger partial charge in [0.1, 0.15) is 0 Å². The highest BCUT2D eigenvalue weighted by atomic mass is 35.5. The lowest BCUT2D eigenvalue weighted by molar-refractivity contribution is 1.11. The van der Waals surface area contributed by atoms with Gasteiger partial charge in [0.25, 0.3) is 0 Å². The maximum atomic E-state index is 5.88. The number of benzene rings is 1. The van der Waals surface area contributed by atoms with E-state index in [1.54, 1.807) is 12.3 Å². The Morgan fingerprint density at radius 2 is 2.00 bits per heavy atom. The van der Waals surface area contributed by atoms with Gasteiger partial charge in [0.05, 0.1) is 10.7 Å². The van der Waals surface area contributed by atoms with Crippen LogP contribution in [0.2, 0.25) is 5.02 Å². The minimum absolute atomic E-state index is 0.527. The van der Waals surface area contributed by atoms with Gasteiger partial charge in [-0.15, -0.1) is 0 Å². The Morgan fingerprint density at radius 1 is 1.26 bits per heavy atom. The van der Waals surface area contributed by atoms with E-state index in [1.165, 1.54) is 5.56 Å². The van der Waals surface area contributed by atoms with Crippen molar-refractivity contribution < 1.29 is 0 Å². The molecule has 0 bridgehead atoms. The molecule has 1 aromatic heterocycles. The zero-order chi connectivity index (χ0) is 14.0. The van der Waals surface area contributed by atoms with Crippen LogP contribution in [0.15, 0.2) is 30.5 Å². The molecule has 4 nitrogen and oxygen atoms in total. The molecular formula is C14H17ClN4. The molecule has 0 saturated heterocycles. The molecule has 0 aliphatic carbocycles. The van der Waals surface area contributed by atoms with Crippen molar-refractivity contribution in [3.63, 3.8) is 0 Å². The van der Waals surface area contributed by atoms with E-state index in [-0.39, 0.29) is 0 Å². The van der Waals surface area contributed by atoms with E-state index >= 15 is 0 Å². The fourth-order valence-electron chi connectivity index (χ4n) is 1.87. The van der Waals surface area contributed by atoms with E-state index in [1.807, 2.05) is 20.2 Å². The summed E-state index contributed by atoms with van der Waals surface area (Å²) in [5.74, 6) is 0.609. The van der Waals surface area contributed by atoms with Gasteiger partial charge in [0, 0.05) is 31.7 Å². The van der Waals surface area contributed by atoms with Crippen molar-refractivity contribution >= 4 is 34.5 Å². The number of rotatable bonds is 3. The summed E-state index contributed by atoms with van der Waals surface area (Å²) in [6, 6.07) is 7.80. The Hall–Kier alpha value is -1.94. The van der Waals surface area contributed by atoms with Gasteiger partial charge in [-0.05, 0) is 30.7 Å². The summed E-state index contributed by atoms with van der Waals surface area (Å²) in [6.45, 7) is 2.08. The topological polar surface area (TPSA) is 54.2 Å². The average molecular weight is 277 g/mol. The molecule has 0 aliphatic rings. The predicted octanol–water partition coefficient (Wildman–Crippen LogP) is 3.44. The van der Waals surface area contributed by atoms with E-state index < -0.39 is 0 Å². The number of hydrogen-bond acceptors (Lipinski definition) is 4. The van der Waals surface area contributed by atoms with Gasteiger partial charge >= 0.3 is 0 Å². The number of nitrogens with one attached hydrogen (secondary N) is 1. The van der Waals surface area contributed by atoms with Gasteiger partial charge < -0.3 is 16.0 Å². The minimum Gasteiger partial charge on any atom is -0.396 e. The van der Waals surface area contributed by atoms with Crippen LogP contribution in [-0.2, 0) is 0 Å². The first-order valence-electron chi connectivity index (χ1n) is 5.93. The predicted molar refractivity (Wildman–Crippen MR) is 82.4 cm³/mol. The van der Waals surface area contributed by atoms with Crippen LogP contribution in [0.25, 0.3) is 0 Å². The molecule has 3 N–H and O–H groups in total. The summed E-state index contributed by atoms with van der Waals surface area (Å²) in [4.78, 5) is 6.26. The Morgan fingerprint density at radius 3 is 2.63 bits per heavy atom.